The van der Waals surface area contributed by atoms with Gasteiger partial charge in [-0.25, -0.2) is 0 Å². The number of hydrogen-bond acceptors (Lipinski definition) is 8. The molecule has 3 saturated carbocycles. The van der Waals surface area contributed by atoms with E-state index < -0.39 is 30.6 Å². The third-order valence-corrected chi connectivity index (χ3v) is 15.7. The molecule has 0 amide bonds. The molecule has 0 radical (unpaired) electrons. The molecule has 316 valence electrons. The number of esters is 1. The smallest absolute Gasteiger partial charge is 0.305 e. The van der Waals surface area contributed by atoms with Gasteiger partial charge in [-0.15, -0.1) is 0 Å². The molecular formula is C47H81NO7. The van der Waals surface area contributed by atoms with Crippen LogP contribution in [0.1, 0.15) is 183 Å². The summed E-state index contributed by atoms with van der Waals surface area (Å²) in [5.74, 6) is 3.10. The van der Waals surface area contributed by atoms with Crippen molar-refractivity contribution in [1.82, 2.24) is 5.32 Å². The van der Waals surface area contributed by atoms with Gasteiger partial charge in [-0.1, -0.05) is 131 Å². The molecule has 13 atom stereocenters. The van der Waals surface area contributed by atoms with Crippen LogP contribution in [0, 0.1) is 46.3 Å². The van der Waals surface area contributed by atoms with Gasteiger partial charge in [0, 0.05) is 18.4 Å². The van der Waals surface area contributed by atoms with Gasteiger partial charge >= 0.3 is 5.97 Å². The lowest BCUT2D eigenvalue weighted by atomic mass is 9.46. The molecule has 1 saturated heterocycles. The summed E-state index contributed by atoms with van der Waals surface area (Å²) >= 11 is 0. The van der Waals surface area contributed by atoms with Gasteiger partial charge in [0.05, 0.1) is 0 Å². The lowest BCUT2D eigenvalue weighted by Gasteiger charge is -2.58. The predicted molar refractivity (Wildman–Crippen MR) is 219 cm³/mol. The number of aliphatic hydroxyl groups is 3. The van der Waals surface area contributed by atoms with Crippen LogP contribution in [-0.2, 0) is 19.1 Å². The quantitative estimate of drug-likeness (QED) is 0.0673. The first-order valence-electron chi connectivity index (χ1n) is 23.2. The number of carbonyl (C=O) groups is 2. The van der Waals surface area contributed by atoms with Gasteiger partial charge < -0.3 is 24.8 Å². The summed E-state index contributed by atoms with van der Waals surface area (Å²) in [6, 6.07) is -0.0496. The second kappa shape index (κ2) is 20.6. The van der Waals surface area contributed by atoms with Crippen LogP contribution < -0.4 is 5.32 Å². The molecule has 5 aliphatic rings. The monoisotopic (exact) mass is 772 g/mol. The van der Waals surface area contributed by atoms with Gasteiger partial charge in [0.1, 0.15) is 37.3 Å². The van der Waals surface area contributed by atoms with Crippen molar-refractivity contribution >= 4 is 11.8 Å². The largest absolute Gasteiger partial charge is 0.463 e. The fraction of sp³-hybridized carbons (Fsp3) is 0.915. The van der Waals surface area contributed by atoms with Crippen LogP contribution in [0.2, 0.25) is 0 Å². The lowest BCUT2D eigenvalue weighted by Crippen LogP contribution is -2.64. The molecule has 0 spiro atoms. The maximum atomic E-state index is 14.1. The standard InChI is InChI=1S/C47H81NO7/c1-7-8-9-10-11-12-13-14-15-16-17-21-40(50)54-30-39-42(51)43(52)44(53)45(55-39)48-34-24-26-46(5)33(28-34)29-38(49)41-36-23-22-35(32(4)20-18-19-31(2)3)47(36,6)27-25-37(41)46/h29,31-32,34-37,39,41-45,48,51-53H,7-28,30H2,1-6H3/t32-,34+,35-,36+,37+,39-,41+,42-,43-,44+,45+,46+,47-/m1/s1. The van der Waals surface area contributed by atoms with E-state index in [4.69, 9.17) is 9.47 Å². The maximum Gasteiger partial charge on any atom is 0.305 e. The Bertz CT molecular complexity index is 1250. The zero-order chi connectivity index (χ0) is 39.8. The minimum Gasteiger partial charge on any atom is -0.463 e. The van der Waals surface area contributed by atoms with Crippen molar-refractivity contribution in [3.63, 3.8) is 0 Å². The molecule has 1 aliphatic heterocycles. The fourth-order valence-corrected chi connectivity index (χ4v) is 12.2. The molecule has 0 unspecified atom stereocenters. The van der Waals surface area contributed by atoms with Gasteiger partial charge in [0.25, 0.3) is 0 Å². The summed E-state index contributed by atoms with van der Waals surface area (Å²) in [4.78, 5) is 26.7. The van der Waals surface area contributed by atoms with Crippen molar-refractivity contribution in [3.8, 4) is 0 Å². The van der Waals surface area contributed by atoms with Gasteiger partial charge in [0.2, 0.25) is 0 Å². The van der Waals surface area contributed by atoms with E-state index in [1.54, 1.807) is 0 Å². The Morgan fingerprint density at radius 2 is 1.51 bits per heavy atom. The zero-order valence-electron chi connectivity index (χ0n) is 35.7. The topological polar surface area (TPSA) is 125 Å². The van der Waals surface area contributed by atoms with Crippen molar-refractivity contribution in [3.05, 3.63) is 11.6 Å². The molecule has 1 heterocycles. The lowest BCUT2D eigenvalue weighted by molar-refractivity contribution is -0.241. The van der Waals surface area contributed by atoms with E-state index in [0.29, 0.717) is 42.3 Å². The van der Waals surface area contributed by atoms with E-state index >= 15 is 0 Å². The average molecular weight is 772 g/mol. The maximum absolute atomic E-state index is 14.1. The normalized spacial score (nSPS) is 37.9. The van der Waals surface area contributed by atoms with Crippen LogP contribution in [0.4, 0.5) is 0 Å². The highest BCUT2D eigenvalue weighted by molar-refractivity contribution is 5.94. The predicted octanol–water partition coefficient (Wildman–Crippen LogP) is 9.22. The molecule has 4 fully saturated rings. The van der Waals surface area contributed by atoms with Gasteiger partial charge in [-0.05, 0) is 97.9 Å². The second-order valence-corrected chi connectivity index (χ2v) is 19.9. The molecule has 0 bridgehead atoms. The van der Waals surface area contributed by atoms with E-state index in [1.807, 2.05) is 6.08 Å². The van der Waals surface area contributed by atoms with Crippen LogP contribution in [0.3, 0.4) is 0 Å². The molecule has 8 heteroatoms. The van der Waals surface area contributed by atoms with Crippen molar-refractivity contribution in [2.24, 2.45) is 46.3 Å². The Balaban J connectivity index is 1.09. The second-order valence-electron chi connectivity index (χ2n) is 19.9. The number of allylic oxidation sites excluding steroid dienone is 1. The number of carbonyl (C=O) groups excluding carboxylic acids is 2. The Hall–Kier alpha value is -1.32. The summed E-state index contributed by atoms with van der Waals surface area (Å²) in [6.45, 7) is 14.1. The molecule has 0 aromatic rings. The Morgan fingerprint density at radius 3 is 2.18 bits per heavy atom. The number of hydrogen-bond donors (Lipinski definition) is 4. The van der Waals surface area contributed by atoms with Gasteiger partial charge in [0.15, 0.2) is 5.78 Å². The van der Waals surface area contributed by atoms with E-state index in [-0.39, 0.29) is 35.4 Å². The van der Waals surface area contributed by atoms with Gasteiger partial charge in [-0.3, -0.25) is 14.9 Å². The number of fused-ring (bicyclic) bond motifs is 5. The fourth-order valence-electron chi connectivity index (χ4n) is 12.2. The van der Waals surface area contributed by atoms with E-state index in [9.17, 15) is 24.9 Å². The SMILES string of the molecule is CCCCCCCCCCCCCC(=O)OC[C@H]1O[C@H](N[C@H]2CC[C@@]3(C)C(=CC(=O)[C@H]4[C@@H]5CC[C@H]([C@H](C)CCCC(C)C)[C@@]5(C)CC[C@@H]43)C2)[C@@H](O)[C@H](O)[C@@H]1O. The van der Waals surface area contributed by atoms with Crippen LogP contribution in [-0.4, -0.2) is 70.4 Å². The third-order valence-electron chi connectivity index (χ3n) is 15.7. The minimum absolute atomic E-state index is 0.0224. The Labute approximate surface area is 334 Å². The minimum atomic E-state index is -1.43. The van der Waals surface area contributed by atoms with Gasteiger partial charge in [-0.2, -0.15) is 0 Å². The van der Waals surface area contributed by atoms with Crippen molar-refractivity contribution in [1.29, 1.82) is 0 Å². The Kier molecular flexibility index (Phi) is 16.8. The summed E-state index contributed by atoms with van der Waals surface area (Å²) < 4.78 is 11.6. The van der Waals surface area contributed by atoms with Crippen LogP contribution in [0.5, 0.6) is 0 Å². The highest BCUT2D eigenvalue weighted by Crippen LogP contribution is 2.66. The van der Waals surface area contributed by atoms with Crippen molar-refractivity contribution in [2.75, 3.05) is 6.61 Å². The van der Waals surface area contributed by atoms with E-state index in [2.05, 4.69) is 46.9 Å². The first-order valence-corrected chi connectivity index (χ1v) is 23.2. The highest BCUT2D eigenvalue weighted by atomic mass is 16.6. The summed E-state index contributed by atoms with van der Waals surface area (Å²) in [7, 11) is 0. The molecule has 0 aromatic heterocycles. The van der Waals surface area contributed by atoms with E-state index in [0.717, 1.165) is 44.4 Å². The molecule has 8 nitrogen and oxygen atoms in total. The molecule has 4 N–H and O–H groups in total. The molecule has 0 aromatic carbocycles. The number of aliphatic hydroxyl groups excluding tert-OH is 3. The number of nitrogens with one attached hydrogen (secondary N) is 1. The van der Waals surface area contributed by atoms with Crippen molar-refractivity contribution in [2.45, 2.75) is 219 Å². The highest BCUT2D eigenvalue weighted by Gasteiger charge is 2.61. The van der Waals surface area contributed by atoms with Crippen molar-refractivity contribution < 1.29 is 34.4 Å². The molecule has 4 aliphatic carbocycles. The molecular weight excluding hydrogens is 691 g/mol. The number of rotatable bonds is 21. The summed E-state index contributed by atoms with van der Waals surface area (Å²) in [5.41, 5.74) is 1.43. The summed E-state index contributed by atoms with van der Waals surface area (Å²) in [5, 5.41) is 35.9. The Morgan fingerprint density at radius 1 is 0.836 bits per heavy atom. The zero-order valence-corrected chi connectivity index (χ0v) is 35.7. The van der Waals surface area contributed by atoms with Crippen LogP contribution in [0.15, 0.2) is 11.6 Å². The third kappa shape index (κ3) is 10.8. The number of ether oxygens (including phenoxy) is 2. The number of ketones is 1. The van der Waals surface area contributed by atoms with Crippen LogP contribution >= 0.6 is 0 Å². The molecule has 5 rings (SSSR count). The number of unbranched alkanes of at least 4 members (excludes halogenated alkanes) is 10. The molecule has 55 heavy (non-hydrogen) atoms. The average Bonchev–Trinajstić information content (AvgIpc) is 3.51. The summed E-state index contributed by atoms with van der Waals surface area (Å²) in [6.07, 6.45) is 20.7. The van der Waals surface area contributed by atoms with E-state index in [1.165, 1.54) is 95.5 Å². The first-order chi connectivity index (χ1) is 26.3. The first kappa shape index (κ1) is 44.8. The van der Waals surface area contributed by atoms with Crippen LogP contribution in [0.25, 0.3) is 0 Å².